The van der Waals surface area contributed by atoms with Gasteiger partial charge in [0.2, 0.25) is 0 Å². The third kappa shape index (κ3) is 4.69. The summed E-state index contributed by atoms with van der Waals surface area (Å²) in [5, 5.41) is 11.3. The van der Waals surface area contributed by atoms with E-state index in [0.717, 1.165) is 55.6 Å². The van der Waals surface area contributed by atoms with Gasteiger partial charge in [0.15, 0.2) is 0 Å². The lowest BCUT2D eigenvalue weighted by Crippen LogP contribution is -2.52. The summed E-state index contributed by atoms with van der Waals surface area (Å²) >= 11 is 1.77. The van der Waals surface area contributed by atoms with Gasteiger partial charge in [-0.05, 0) is 85.6 Å². The summed E-state index contributed by atoms with van der Waals surface area (Å²) in [5.74, 6) is 2.26. The van der Waals surface area contributed by atoms with Gasteiger partial charge in [0.05, 0.1) is 5.60 Å². The number of hydrogen-bond acceptors (Lipinski definition) is 4. The normalized spacial score (nSPS) is 26.3. The molecule has 1 fully saturated rings. The number of aromatic nitrogens is 1. The monoisotopic (exact) mass is 459 g/mol. The Labute approximate surface area is 201 Å². The molecule has 4 heteroatoms. The van der Waals surface area contributed by atoms with E-state index in [-0.39, 0.29) is 5.41 Å². The van der Waals surface area contributed by atoms with Gasteiger partial charge < -0.3 is 9.84 Å². The molecular weight excluding hydrogens is 426 g/mol. The fourth-order valence-corrected chi connectivity index (χ4v) is 6.97. The van der Waals surface area contributed by atoms with Crippen molar-refractivity contribution in [3.8, 4) is 5.75 Å². The molecular formula is C29H33NO2S. The van der Waals surface area contributed by atoms with Crippen molar-refractivity contribution in [2.75, 3.05) is 12.0 Å². The lowest BCUT2D eigenvalue weighted by molar-refractivity contribution is -0.0330. The number of fused-ring (bicyclic) bond motifs is 3. The van der Waals surface area contributed by atoms with Gasteiger partial charge in [-0.25, -0.2) is 0 Å². The van der Waals surface area contributed by atoms with E-state index >= 15 is 0 Å². The molecule has 33 heavy (non-hydrogen) atoms. The zero-order valence-electron chi connectivity index (χ0n) is 19.4. The number of aryl methyl sites for hydroxylation is 1. The Balaban J connectivity index is 1.45. The van der Waals surface area contributed by atoms with Gasteiger partial charge in [-0.1, -0.05) is 42.5 Å². The van der Waals surface area contributed by atoms with Crippen molar-refractivity contribution in [3.63, 3.8) is 0 Å². The summed E-state index contributed by atoms with van der Waals surface area (Å²) < 4.78 is 6.13. The first-order valence-corrected chi connectivity index (χ1v) is 13.4. The standard InChI is InChI=1S/C29H33NO2S/c1-33-21-28(31)13-14-29(17-22-6-3-2-4-7-22)25(18-28)10-9-24-16-26(11-12-27(24)29)32-20-23-8-5-15-30-19-23/h2-8,11-12,15-16,19,25,31H,9-10,13-14,17-18,20-21H2,1H3. The van der Waals surface area contributed by atoms with Gasteiger partial charge in [-0.3, -0.25) is 4.98 Å². The average Bonchev–Trinajstić information content (AvgIpc) is 2.84. The number of aliphatic hydroxyl groups is 1. The van der Waals surface area contributed by atoms with Crippen LogP contribution in [-0.2, 0) is 24.9 Å². The van der Waals surface area contributed by atoms with Crippen LogP contribution in [0.25, 0.3) is 0 Å². The summed E-state index contributed by atoms with van der Waals surface area (Å²) in [6, 6.07) is 21.6. The van der Waals surface area contributed by atoms with E-state index in [2.05, 4.69) is 59.8 Å². The first kappa shape index (κ1) is 22.5. The minimum atomic E-state index is -0.533. The highest BCUT2D eigenvalue weighted by molar-refractivity contribution is 7.98. The van der Waals surface area contributed by atoms with E-state index in [1.807, 2.05) is 18.3 Å². The molecule has 3 aromatic rings. The topological polar surface area (TPSA) is 42.4 Å². The van der Waals surface area contributed by atoms with Crippen molar-refractivity contribution in [1.82, 2.24) is 4.98 Å². The largest absolute Gasteiger partial charge is 0.489 e. The lowest BCUT2D eigenvalue weighted by atomic mass is 9.53. The predicted molar refractivity (Wildman–Crippen MR) is 136 cm³/mol. The van der Waals surface area contributed by atoms with Crippen LogP contribution in [0.15, 0.2) is 73.1 Å². The van der Waals surface area contributed by atoms with Crippen LogP contribution in [0.5, 0.6) is 5.75 Å². The van der Waals surface area contributed by atoms with Crippen LogP contribution in [0.3, 0.4) is 0 Å². The summed E-state index contributed by atoms with van der Waals surface area (Å²) in [6.07, 6.45) is 11.8. The second kappa shape index (κ2) is 9.52. The quantitative estimate of drug-likeness (QED) is 0.472. The van der Waals surface area contributed by atoms with E-state index in [0.29, 0.717) is 12.5 Å². The summed E-state index contributed by atoms with van der Waals surface area (Å²) in [6.45, 7) is 0.534. The number of thioether (sulfide) groups is 1. The molecule has 2 aliphatic carbocycles. The highest BCUT2D eigenvalue weighted by atomic mass is 32.2. The van der Waals surface area contributed by atoms with E-state index < -0.39 is 5.60 Å². The van der Waals surface area contributed by atoms with Crippen LogP contribution in [0.1, 0.15) is 47.9 Å². The molecule has 1 N–H and O–H groups in total. The van der Waals surface area contributed by atoms with E-state index in [9.17, 15) is 5.11 Å². The van der Waals surface area contributed by atoms with Gasteiger partial charge in [0.1, 0.15) is 12.4 Å². The van der Waals surface area contributed by atoms with E-state index in [1.54, 1.807) is 18.0 Å². The Morgan fingerprint density at radius 2 is 1.91 bits per heavy atom. The molecule has 0 spiro atoms. The Bertz CT molecular complexity index is 1070. The average molecular weight is 460 g/mol. The van der Waals surface area contributed by atoms with E-state index in [4.69, 9.17) is 4.74 Å². The van der Waals surface area contributed by atoms with Crippen molar-refractivity contribution in [1.29, 1.82) is 0 Å². The van der Waals surface area contributed by atoms with Crippen LogP contribution in [0.2, 0.25) is 0 Å². The number of hydrogen-bond donors (Lipinski definition) is 1. The SMILES string of the molecule is CSCC1(O)CCC2(Cc3ccccc3)c3ccc(OCc4cccnc4)cc3CCC2C1. The van der Waals surface area contributed by atoms with Gasteiger partial charge in [0, 0.05) is 29.1 Å². The van der Waals surface area contributed by atoms with Crippen molar-refractivity contribution < 1.29 is 9.84 Å². The molecule has 3 atom stereocenters. The number of rotatable bonds is 7. The minimum Gasteiger partial charge on any atom is -0.489 e. The second-order valence-electron chi connectivity index (χ2n) is 9.88. The highest BCUT2D eigenvalue weighted by Gasteiger charge is 2.51. The molecule has 2 aliphatic rings. The second-order valence-corrected chi connectivity index (χ2v) is 10.8. The molecule has 0 radical (unpaired) electrons. The Morgan fingerprint density at radius 1 is 1.06 bits per heavy atom. The van der Waals surface area contributed by atoms with Crippen molar-refractivity contribution >= 4 is 11.8 Å². The third-order valence-electron chi connectivity index (χ3n) is 7.72. The summed E-state index contributed by atoms with van der Waals surface area (Å²) in [7, 11) is 0. The Kier molecular flexibility index (Phi) is 6.49. The Morgan fingerprint density at radius 3 is 2.70 bits per heavy atom. The first-order chi connectivity index (χ1) is 16.1. The maximum absolute atomic E-state index is 11.3. The molecule has 0 amide bonds. The van der Waals surface area contributed by atoms with Crippen molar-refractivity contribution in [2.24, 2.45) is 5.92 Å². The predicted octanol–water partition coefficient (Wildman–Crippen LogP) is 5.98. The lowest BCUT2D eigenvalue weighted by Gasteiger charge is -2.53. The molecule has 1 saturated carbocycles. The molecule has 5 rings (SSSR count). The third-order valence-corrected chi connectivity index (χ3v) is 8.55. The molecule has 3 nitrogen and oxygen atoms in total. The summed E-state index contributed by atoms with van der Waals surface area (Å²) in [5.41, 5.74) is 4.91. The fourth-order valence-electron chi connectivity index (χ4n) is 6.17. The number of pyridine rings is 1. The van der Waals surface area contributed by atoms with Gasteiger partial charge in [0.25, 0.3) is 0 Å². The summed E-state index contributed by atoms with van der Waals surface area (Å²) in [4.78, 5) is 4.18. The van der Waals surface area contributed by atoms with Crippen molar-refractivity contribution in [3.05, 3.63) is 95.3 Å². The van der Waals surface area contributed by atoms with Crippen LogP contribution in [0, 0.1) is 5.92 Å². The maximum Gasteiger partial charge on any atom is 0.120 e. The molecule has 172 valence electrons. The van der Waals surface area contributed by atoms with Crippen LogP contribution < -0.4 is 4.74 Å². The first-order valence-electron chi connectivity index (χ1n) is 12.0. The fraction of sp³-hybridized carbons (Fsp3) is 0.414. The van der Waals surface area contributed by atoms with Crippen LogP contribution >= 0.6 is 11.8 Å². The smallest absolute Gasteiger partial charge is 0.120 e. The molecule has 2 aromatic carbocycles. The number of nitrogens with zero attached hydrogens (tertiary/aromatic N) is 1. The van der Waals surface area contributed by atoms with Crippen LogP contribution in [0.4, 0.5) is 0 Å². The van der Waals surface area contributed by atoms with Gasteiger partial charge >= 0.3 is 0 Å². The molecule has 3 unspecified atom stereocenters. The molecule has 0 aliphatic heterocycles. The van der Waals surface area contributed by atoms with Gasteiger partial charge in [-0.15, -0.1) is 0 Å². The number of ether oxygens (including phenoxy) is 1. The number of benzene rings is 2. The maximum atomic E-state index is 11.3. The van der Waals surface area contributed by atoms with Crippen molar-refractivity contribution in [2.45, 2.75) is 56.1 Å². The Hall–Kier alpha value is -2.30. The zero-order valence-corrected chi connectivity index (χ0v) is 20.2. The van der Waals surface area contributed by atoms with Gasteiger partial charge in [-0.2, -0.15) is 11.8 Å². The molecule has 0 saturated heterocycles. The zero-order chi connectivity index (χ0) is 22.7. The molecule has 0 bridgehead atoms. The van der Waals surface area contributed by atoms with Crippen LogP contribution in [-0.4, -0.2) is 27.7 Å². The highest BCUT2D eigenvalue weighted by Crippen LogP contribution is 2.55. The minimum absolute atomic E-state index is 0.0848. The van der Waals surface area contributed by atoms with E-state index in [1.165, 1.54) is 16.7 Å². The molecule has 1 heterocycles. The molecule has 1 aromatic heterocycles.